The Balaban J connectivity index is 1.87. The summed E-state index contributed by atoms with van der Waals surface area (Å²) in [5, 5.41) is 2.83. The Bertz CT molecular complexity index is 917. The summed E-state index contributed by atoms with van der Waals surface area (Å²) >= 11 is 5.82. The fourth-order valence-electron chi connectivity index (χ4n) is 2.09. The van der Waals surface area contributed by atoms with Gasteiger partial charge in [-0.05, 0) is 24.3 Å². The molecule has 0 aliphatic rings. The van der Waals surface area contributed by atoms with Crippen molar-refractivity contribution in [1.82, 2.24) is 4.57 Å². The number of anilines is 1. The Morgan fingerprint density at radius 3 is 2.82 bits per heavy atom. The molecular weight excluding hydrogens is 311 g/mol. The standard InChI is InChI=1S/C15H10ClFN2O3/c16-9-5-6-12-13(7-9)22-15(21)19(12)8-14(20)18-11-4-2-1-3-10(11)17/h1-7H,8H2,(H,18,20). The van der Waals surface area contributed by atoms with E-state index in [9.17, 15) is 14.0 Å². The van der Waals surface area contributed by atoms with Crippen LogP contribution in [0.5, 0.6) is 0 Å². The molecule has 3 rings (SSSR count). The number of nitrogens with one attached hydrogen (secondary N) is 1. The van der Waals surface area contributed by atoms with E-state index in [-0.39, 0.29) is 17.8 Å². The first-order chi connectivity index (χ1) is 10.5. The third-order valence-corrected chi connectivity index (χ3v) is 3.32. The van der Waals surface area contributed by atoms with Crippen LogP contribution in [0.2, 0.25) is 5.02 Å². The van der Waals surface area contributed by atoms with E-state index in [1.165, 1.54) is 24.3 Å². The van der Waals surface area contributed by atoms with E-state index in [1.54, 1.807) is 18.2 Å². The molecule has 7 heteroatoms. The lowest BCUT2D eigenvalue weighted by molar-refractivity contribution is -0.116. The second-order valence-corrected chi connectivity index (χ2v) is 5.03. The zero-order chi connectivity index (χ0) is 15.7. The quantitative estimate of drug-likeness (QED) is 0.806. The second-order valence-electron chi connectivity index (χ2n) is 4.59. The molecule has 0 saturated carbocycles. The number of nitrogens with zero attached hydrogens (tertiary/aromatic N) is 1. The van der Waals surface area contributed by atoms with Gasteiger partial charge in [0, 0.05) is 11.1 Å². The average Bonchev–Trinajstić information content (AvgIpc) is 2.77. The van der Waals surface area contributed by atoms with Gasteiger partial charge in [-0.15, -0.1) is 0 Å². The van der Waals surface area contributed by atoms with E-state index >= 15 is 0 Å². The number of benzene rings is 2. The maximum Gasteiger partial charge on any atom is 0.420 e. The zero-order valence-corrected chi connectivity index (χ0v) is 11.9. The molecule has 3 aromatic rings. The number of fused-ring (bicyclic) bond motifs is 1. The summed E-state index contributed by atoms with van der Waals surface area (Å²) in [6.07, 6.45) is 0. The molecule has 1 amide bonds. The zero-order valence-electron chi connectivity index (χ0n) is 11.2. The van der Waals surface area contributed by atoms with Crippen LogP contribution in [-0.2, 0) is 11.3 Å². The Morgan fingerprint density at radius 1 is 1.27 bits per heavy atom. The lowest BCUT2D eigenvalue weighted by atomic mass is 10.3. The highest BCUT2D eigenvalue weighted by atomic mass is 35.5. The second kappa shape index (κ2) is 5.65. The van der Waals surface area contributed by atoms with Gasteiger partial charge in [-0.1, -0.05) is 23.7 Å². The molecule has 0 radical (unpaired) electrons. The monoisotopic (exact) mass is 320 g/mol. The summed E-state index contributed by atoms with van der Waals surface area (Å²) in [5.41, 5.74) is 0.783. The maximum absolute atomic E-state index is 13.5. The summed E-state index contributed by atoms with van der Waals surface area (Å²) in [7, 11) is 0. The largest absolute Gasteiger partial charge is 0.420 e. The third-order valence-electron chi connectivity index (χ3n) is 3.08. The maximum atomic E-state index is 13.5. The molecule has 1 heterocycles. The molecule has 0 spiro atoms. The van der Waals surface area contributed by atoms with E-state index in [0.717, 1.165) is 4.57 Å². The van der Waals surface area contributed by atoms with Crippen molar-refractivity contribution in [2.45, 2.75) is 6.54 Å². The first-order valence-electron chi connectivity index (χ1n) is 6.38. The lowest BCUT2D eigenvalue weighted by Gasteiger charge is -2.06. The van der Waals surface area contributed by atoms with Crippen molar-refractivity contribution >= 4 is 34.3 Å². The summed E-state index contributed by atoms with van der Waals surface area (Å²) < 4.78 is 19.7. The lowest BCUT2D eigenvalue weighted by Crippen LogP contribution is -2.25. The number of hydrogen-bond acceptors (Lipinski definition) is 3. The van der Waals surface area contributed by atoms with E-state index < -0.39 is 17.5 Å². The van der Waals surface area contributed by atoms with Gasteiger partial charge in [0.15, 0.2) is 5.58 Å². The average molecular weight is 321 g/mol. The van der Waals surface area contributed by atoms with E-state index in [0.29, 0.717) is 10.5 Å². The van der Waals surface area contributed by atoms with Gasteiger partial charge in [0.05, 0.1) is 11.2 Å². The van der Waals surface area contributed by atoms with Crippen LogP contribution >= 0.6 is 11.6 Å². The molecular formula is C15H10ClFN2O3. The van der Waals surface area contributed by atoms with Crippen molar-refractivity contribution in [2.75, 3.05) is 5.32 Å². The Hall–Kier alpha value is -2.60. The minimum absolute atomic E-state index is 0.0522. The topological polar surface area (TPSA) is 64.2 Å². The minimum Gasteiger partial charge on any atom is -0.408 e. The van der Waals surface area contributed by atoms with E-state index in [4.69, 9.17) is 16.0 Å². The molecule has 1 N–H and O–H groups in total. The molecule has 0 atom stereocenters. The number of oxazole rings is 1. The number of rotatable bonds is 3. The van der Waals surface area contributed by atoms with Crippen molar-refractivity contribution < 1.29 is 13.6 Å². The smallest absolute Gasteiger partial charge is 0.408 e. The molecule has 0 fully saturated rings. The number of carbonyl (C=O) groups is 1. The van der Waals surface area contributed by atoms with E-state index in [1.807, 2.05) is 0 Å². The molecule has 0 aliphatic heterocycles. The highest BCUT2D eigenvalue weighted by Crippen LogP contribution is 2.18. The summed E-state index contributed by atoms with van der Waals surface area (Å²) in [6, 6.07) is 10.4. The first-order valence-corrected chi connectivity index (χ1v) is 6.75. The molecule has 112 valence electrons. The van der Waals surface area contributed by atoms with Crippen LogP contribution in [0.15, 0.2) is 51.7 Å². The Labute approximate surface area is 128 Å². The number of aromatic nitrogens is 1. The van der Waals surface area contributed by atoms with Crippen molar-refractivity contribution in [3.8, 4) is 0 Å². The SMILES string of the molecule is O=C(Cn1c(=O)oc2cc(Cl)ccc21)Nc1ccccc1F. The minimum atomic E-state index is -0.680. The number of amides is 1. The summed E-state index contributed by atoms with van der Waals surface area (Å²) in [5.74, 6) is -1.77. The van der Waals surface area contributed by atoms with Gasteiger partial charge in [-0.3, -0.25) is 9.36 Å². The van der Waals surface area contributed by atoms with Gasteiger partial charge in [0.25, 0.3) is 0 Å². The normalized spacial score (nSPS) is 10.8. The molecule has 1 aromatic heterocycles. The molecule has 0 saturated heterocycles. The van der Waals surface area contributed by atoms with Gasteiger partial charge in [-0.2, -0.15) is 0 Å². The first kappa shape index (κ1) is 14.3. The van der Waals surface area contributed by atoms with Crippen molar-refractivity contribution in [3.05, 3.63) is 63.9 Å². The van der Waals surface area contributed by atoms with Crippen LogP contribution < -0.4 is 11.1 Å². The highest BCUT2D eigenvalue weighted by Gasteiger charge is 2.14. The molecule has 0 bridgehead atoms. The van der Waals surface area contributed by atoms with Gasteiger partial charge in [0.1, 0.15) is 12.4 Å². The number of halogens is 2. The van der Waals surface area contributed by atoms with Gasteiger partial charge in [-0.25, -0.2) is 9.18 Å². The van der Waals surface area contributed by atoms with Crippen molar-refractivity contribution in [2.24, 2.45) is 0 Å². The van der Waals surface area contributed by atoms with Crippen LogP contribution in [-0.4, -0.2) is 10.5 Å². The molecule has 0 unspecified atom stereocenters. The van der Waals surface area contributed by atoms with Crippen molar-refractivity contribution in [3.63, 3.8) is 0 Å². The van der Waals surface area contributed by atoms with E-state index in [2.05, 4.69) is 5.32 Å². The molecule has 0 aliphatic carbocycles. The van der Waals surface area contributed by atoms with Crippen LogP contribution in [0, 0.1) is 5.82 Å². The summed E-state index contributed by atoms with van der Waals surface area (Å²) in [6.45, 7) is -0.290. The predicted molar refractivity (Wildman–Crippen MR) is 80.5 cm³/mol. The molecule has 22 heavy (non-hydrogen) atoms. The third kappa shape index (κ3) is 2.73. The predicted octanol–water partition coefficient (Wildman–Crippen LogP) is 3.03. The Morgan fingerprint density at radius 2 is 2.05 bits per heavy atom. The fourth-order valence-corrected chi connectivity index (χ4v) is 2.25. The number of carbonyl (C=O) groups excluding carboxylic acids is 1. The van der Waals surface area contributed by atoms with Crippen LogP contribution in [0.4, 0.5) is 10.1 Å². The van der Waals surface area contributed by atoms with Gasteiger partial charge >= 0.3 is 5.76 Å². The fraction of sp³-hybridized carbons (Fsp3) is 0.0667. The van der Waals surface area contributed by atoms with Crippen LogP contribution in [0.3, 0.4) is 0 Å². The van der Waals surface area contributed by atoms with Crippen LogP contribution in [0.1, 0.15) is 0 Å². The molecule has 2 aromatic carbocycles. The van der Waals surface area contributed by atoms with Crippen LogP contribution in [0.25, 0.3) is 11.1 Å². The van der Waals surface area contributed by atoms with Crippen molar-refractivity contribution in [1.29, 1.82) is 0 Å². The number of para-hydroxylation sites is 1. The highest BCUT2D eigenvalue weighted by molar-refractivity contribution is 6.31. The van der Waals surface area contributed by atoms with Gasteiger partial charge in [0.2, 0.25) is 5.91 Å². The molecule has 5 nitrogen and oxygen atoms in total. The number of hydrogen-bond donors (Lipinski definition) is 1. The summed E-state index contributed by atoms with van der Waals surface area (Å²) in [4.78, 5) is 23.8. The van der Waals surface area contributed by atoms with Gasteiger partial charge < -0.3 is 9.73 Å². The Kier molecular flexibility index (Phi) is 3.68.